The summed E-state index contributed by atoms with van der Waals surface area (Å²) in [4.78, 5) is 15.1. The number of alkyl halides is 1. The first kappa shape index (κ1) is 28.6. The highest BCUT2D eigenvalue weighted by Crippen LogP contribution is 2.24. The second-order valence-corrected chi connectivity index (χ2v) is 9.22. The van der Waals surface area contributed by atoms with Crippen molar-refractivity contribution in [3.05, 3.63) is 96.5 Å². The second kappa shape index (κ2) is 15.3. The zero-order chi connectivity index (χ0) is 28.0. The van der Waals surface area contributed by atoms with Crippen molar-refractivity contribution in [2.75, 3.05) is 41.9 Å². The SMILES string of the molecule is C=C/C=C\C(=C/CCCC)c1cccc(Nc2ccc(/C=N/Nc3ncc(CF)c(N4CCOCC4)n3)nc2)c1. The van der Waals surface area contributed by atoms with Gasteiger partial charge in [0, 0.05) is 30.5 Å². The molecule has 0 atom stereocenters. The van der Waals surface area contributed by atoms with Crippen molar-refractivity contribution in [2.45, 2.75) is 32.9 Å². The van der Waals surface area contributed by atoms with E-state index in [1.54, 1.807) is 18.5 Å². The highest BCUT2D eigenvalue weighted by Gasteiger charge is 2.17. The molecule has 2 aromatic heterocycles. The fourth-order valence-corrected chi connectivity index (χ4v) is 4.17. The number of allylic oxidation sites excluding steroid dienone is 5. The maximum atomic E-state index is 13.5. The molecule has 3 heterocycles. The number of rotatable bonds is 13. The van der Waals surface area contributed by atoms with Crippen LogP contribution in [0.3, 0.4) is 0 Å². The second-order valence-electron chi connectivity index (χ2n) is 9.22. The van der Waals surface area contributed by atoms with Crippen LogP contribution in [0.1, 0.15) is 43.0 Å². The lowest BCUT2D eigenvalue weighted by Gasteiger charge is -2.29. The number of nitrogens with one attached hydrogen (secondary N) is 2. The summed E-state index contributed by atoms with van der Waals surface area (Å²) >= 11 is 0. The van der Waals surface area contributed by atoms with E-state index in [4.69, 9.17) is 4.74 Å². The summed E-state index contributed by atoms with van der Waals surface area (Å²) in [7, 11) is 0. The number of hydrogen-bond donors (Lipinski definition) is 2. The summed E-state index contributed by atoms with van der Waals surface area (Å²) in [6.07, 6.45) is 16.3. The number of ether oxygens (including phenoxy) is 1. The van der Waals surface area contributed by atoms with Gasteiger partial charge in [-0.05, 0) is 41.8 Å². The Labute approximate surface area is 235 Å². The van der Waals surface area contributed by atoms with Gasteiger partial charge in [0.25, 0.3) is 0 Å². The lowest BCUT2D eigenvalue weighted by Crippen LogP contribution is -2.37. The first-order valence-corrected chi connectivity index (χ1v) is 13.6. The number of anilines is 4. The minimum Gasteiger partial charge on any atom is -0.378 e. The zero-order valence-electron chi connectivity index (χ0n) is 22.9. The van der Waals surface area contributed by atoms with Crippen LogP contribution >= 0.6 is 0 Å². The van der Waals surface area contributed by atoms with E-state index in [0.29, 0.717) is 49.3 Å². The molecule has 0 radical (unpaired) electrons. The van der Waals surface area contributed by atoms with E-state index in [9.17, 15) is 4.39 Å². The molecule has 2 N–H and O–H groups in total. The van der Waals surface area contributed by atoms with Crippen molar-refractivity contribution in [2.24, 2.45) is 5.10 Å². The lowest BCUT2D eigenvalue weighted by atomic mass is 10.0. The maximum absolute atomic E-state index is 13.5. The van der Waals surface area contributed by atoms with Gasteiger partial charge in [-0.1, -0.05) is 62.8 Å². The molecular weight excluding hydrogens is 505 g/mol. The molecule has 0 spiro atoms. The Morgan fingerprint density at radius 1 is 1.15 bits per heavy atom. The first-order chi connectivity index (χ1) is 19.7. The fraction of sp³-hybridized carbons (Fsp3) is 0.290. The number of benzene rings is 1. The predicted molar refractivity (Wildman–Crippen MR) is 162 cm³/mol. The standard InChI is InChI=1S/C31H36FN7O/c1-3-5-7-10-24(9-6-4-2)25-11-8-12-27(19-25)36-29-14-13-28(33-22-29)23-35-38-31-34-21-26(20-32)30(37-31)39-15-17-40-18-16-39/h4,6,8-14,19,21-23,36H,2-3,5,7,15-18,20H2,1H3,(H,34,37,38)/b9-6-,24-10+,35-23+. The summed E-state index contributed by atoms with van der Waals surface area (Å²) in [6, 6.07) is 12.1. The van der Waals surface area contributed by atoms with E-state index in [-0.39, 0.29) is 0 Å². The molecule has 9 heteroatoms. The summed E-state index contributed by atoms with van der Waals surface area (Å²) < 4.78 is 18.9. The van der Waals surface area contributed by atoms with Crippen molar-refractivity contribution in [3.63, 3.8) is 0 Å². The van der Waals surface area contributed by atoms with E-state index in [2.05, 4.69) is 68.6 Å². The predicted octanol–water partition coefficient (Wildman–Crippen LogP) is 6.68. The molecule has 0 bridgehead atoms. The molecular formula is C31H36FN7O. The highest BCUT2D eigenvalue weighted by molar-refractivity contribution is 5.79. The molecule has 1 aliphatic heterocycles. The van der Waals surface area contributed by atoms with Gasteiger partial charge in [0.15, 0.2) is 0 Å². The van der Waals surface area contributed by atoms with Crippen LogP contribution in [0.2, 0.25) is 0 Å². The molecule has 1 aromatic carbocycles. The van der Waals surface area contributed by atoms with Crippen LogP contribution in [0.15, 0.2) is 84.8 Å². The number of nitrogens with zero attached hydrogens (tertiary/aromatic N) is 5. The average molecular weight is 542 g/mol. The third-order valence-electron chi connectivity index (χ3n) is 6.26. The monoisotopic (exact) mass is 541 g/mol. The van der Waals surface area contributed by atoms with Crippen LogP contribution in [0.4, 0.5) is 27.5 Å². The van der Waals surface area contributed by atoms with Crippen LogP contribution in [0, 0.1) is 0 Å². The van der Waals surface area contributed by atoms with Gasteiger partial charge in [0.1, 0.15) is 12.5 Å². The summed E-state index contributed by atoms with van der Waals surface area (Å²) in [5.41, 5.74) is 8.08. The molecule has 0 aliphatic carbocycles. The van der Waals surface area contributed by atoms with Gasteiger partial charge in [-0.3, -0.25) is 4.98 Å². The van der Waals surface area contributed by atoms with Crippen molar-refractivity contribution in [1.29, 1.82) is 0 Å². The molecule has 1 aliphatic rings. The van der Waals surface area contributed by atoms with E-state index in [0.717, 1.165) is 36.2 Å². The summed E-state index contributed by atoms with van der Waals surface area (Å²) in [5, 5.41) is 7.64. The topological polar surface area (TPSA) is 87.6 Å². The Bertz CT molecular complexity index is 1330. The fourth-order valence-electron chi connectivity index (χ4n) is 4.17. The van der Waals surface area contributed by atoms with E-state index in [1.165, 1.54) is 11.8 Å². The van der Waals surface area contributed by atoms with Crippen LogP contribution in [-0.2, 0) is 11.4 Å². The van der Waals surface area contributed by atoms with E-state index in [1.807, 2.05) is 35.2 Å². The Kier molecular flexibility index (Phi) is 10.9. The minimum atomic E-state index is -0.631. The number of morpholine rings is 1. The summed E-state index contributed by atoms with van der Waals surface area (Å²) in [5.74, 6) is 0.857. The smallest absolute Gasteiger partial charge is 0.245 e. The molecule has 3 aromatic rings. The number of pyridine rings is 1. The van der Waals surface area contributed by atoms with Gasteiger partial charge >= 0.3 is 0 Å². The van der Waals surface area contributed by atoms with Crippen molar-refractivity contribution in [1.82, 2.24) is 15.0 Å². The number of aromatic nitrogens is 3. The van der Waals surface area contributed by atoms with Gasteiger partial charge < -0.3 is 15.0 Å². The molecule has 1 saturated heterocycles. The molecule has 0 saturated carbocycles. The Hall–Kier alpha value is -4.37. The Morgan fingerprint density at radius 3 is 2.77 bits per heavy atom. The molecule has 8 nitrogen and oxygen atoms in total. The average Bonchev–Trinajstić information content (AvgIpc) is 3.00. The first-order valence-electron chi connectivity index (χ1n) is 13.6. The van der Waals surface area contributed by atoms with Crippen molar-refractivity contribution < 1.29 is 9.13 Å². The third-order valence-corrected chi connectivity index (χ3v) is 6.26. The lowest BCUT2D eigenvalue weighted by molar-refractivity contribution is 0.122. The minimum absolute atomic E-state index is 0.291. The van der Waals surface area contributed by atoms with Crippen LogP contribution in [-0.4, -0.2) is 47.5 Å². The van der Waals surface area contributed by atoms with E-state index < -0.39 is 6.67 Å². The van der Waals surface area contributed by atoms with Crippen LogP contribution in [0.5, 0.6) is 0 Å². The van der Waals surface area contributed by atoms with E-state index >= 15 is 0 Å². The Balaban J connectivity index is 1.38. The largest absolute Gasteiger partial charge is 0.378 e. The van der Waals surface area contributed by atoms with Crippen LogP contribution in [0.25, 0.3) is 5.57 Å². The molecule has 4 rings (SSSR count). The van der Waals surface area contributed by atoms with Gasteiger partial charge in [-0.15, -0.1) is 0 Å². The number of halogens is 1. The highest BCUT2D eigenvalue weighted by atomic mass is 19.1. The van der Waals surface area contributed by atoms with Crippen molar-refractivity contribution in [3.8, 4) is 0 Å². The molecule has 1 fully saturated rings. The zero-order valence-corrected chi connectivity index (χ0v) is 22.9. The van der Waals surface area contributed by atoms with Crippen LogP contribution < -0.4 is 15.6 Å². The Morgan fingerprint density at radius 2 is 2.02 bits per heavy atom. The number of hydrogen-bond acceptors (Lipinski definition) is 8. The third kappa shape index (κ3) is 8.31. The normalized spacial score (nSPS) is 14.2. The van der Waals surface area contributed by atoms with Gasteiger partial charge in [-0.2, -0.15) is 10.1 Å². The summed E-state index contributed by atoms with van der Waals surface area (Å²) in [6.45, 7) is 7.85. The molecule has 208 valence electrons. The maximum Gasteiger partial charge on any atom is 0.245 e. The van der Waals surface area contributed by atoms with Gasteiger partial charge in [0.2, 0.25) is 5.95 Å². The molecule has 0 amide bonds. The van der Waals surface area contributed by atoms with Gasteiger partial charge in [0.05, 0.1) is 37.0 Å². The quantitative estimate of drug-likeness (QED) is 0.108. The van der Waals surface area contributed by atoms with Crippen molar-refractivity contribution >= 4 is 34.9 Å². The molecule has 0 unspecified atom stereocenters. The number of unbranched alkanes of at least 4 members (excludes halogenated alkanes) is 2. The van der Waals surface area contributed by atoms with Gasteiger partial charge in [-0.25, -0.2) is 14.8 Å². The molecule has 40 heavy (non-hydrogen) atoms. The number of hydrazone groups is 1.